The van der Waals surface area contributed by atoms with Gasteiger partial charge in [0.2, 0.25) is 0 Å². The first kappa shape index (κ1) is 13.6. The largest absolute Gasteiger partial charge is 0.328 e. The molecule has 3 N–H and O–H groups in total. The fourth-order valence-electron chi connectivity index (χ4n) is 3.43. The van der Waals surface area contributed by atoms with Crippen LogP contribution < -0.4 is 11.3 Å². The van der Waals surface area contributed by atoms with E-state index in [2.05, 4.69) is 44.1 Å². The van der Waals surface area contributed by atoms with Crippen molar-refractivity contribution in [1.29, 1.82) is 0 Å². The number of nitrogens with zero attached hydrogens (tertiary/aromatic N) is 1. The van der Waals surface area contributed by atoms with Crippen LogP contribution in [0.3, 0.4) is 0 Å². The number of hydrogen-bond acceptors (Lipinski definition) is 3. The van der Waals surface area contributed by atoms with E-state index in [-0.39, 0.29) is 5.41 Å². The van der Waals surface area contributed by atoms with Crippen molar-refractivity contribution in [2.45, 2.75) is 40.5 Å². The van der Waals surface area contributed by atoms with Crippen LogP contribution in [0.4, 0.5) is 0 Å². The Morgan fingerprint density at radius 1 is 1.33 bits per heavy atom. The maximum atomic E-state index is 5.83. The minimum atomic E-state index is 0.178. The summed E-state index contributed by atoms with van der Waals surface area (Å²) in [5.74, 6) is 6.46. The van der Waals surface area contributed by atoms with Gasteiger partial charge in [-0.3, -0.25) is 10.7 Å². The van der Waals surface area contributed by atoms with Crippen molar-refractivity contribution >= 4 is 0 Å². The summed E-state index contributed by atoms with van der Waals surface area (Å²) in [5, 5.41) is 0. The molecule has 0 atom stereocenters. The van der Waals surface area contributed by atoms with Crippen molar-refractivity contribution in [1.82, 2.24) is 10.3 Å². The van der Waals surface area contributed by atoms with Crippen LogP contribution in [-0.4, -0.2) is 24.5 Å². The van der Waals surface area contributed by atoms with Crippen LogP contribution in [0.1, 0.15) is 40.5 Å². The average molecular weight is 249 g/mol. The van der Waals surface area contributed by atoms with E-state index in [0.29, 0.717) is 5.92 Å². The molecule has 2 bridgehead atoms. The lowest BCUT2D eigenvalue weighted by Gasteiger charge is -2.28. The van der Waals surface area contributed by atoms with Crippen LogP contribution in [0, 0.1) is 11.3 Å². The topological polar surface area (TPSA) is 41.3 Å². The van der Waals surface area contributed by atoms with Gasteiger partial charge in [0.25, 0.3) is 0 Å². The number of fused-ring (bicyclic) bond motifs is 3. The van der Waals surface area contributed by atoms with Crippen LogP contribution in [0.25, 0.3) is 0 Å². The standard InChI is InChI=1S/C15H27N3/c1-5-13(15(2,3)4)12-10-18-8-6-11(7-9-18)14(12)17-16/h5,11,17H,6-10,16H2,1-4H3/b13-5+. The molecule has 0 unspecified atom stereocenters. The number of nitrogens with two attached hydrogens (primary N) is 1. The molecule has 1 fully saturated rings. The van der Waals surface area contributed by atoms with E-state index in [0.717, 1.165) is 6.54 Å². The molecule has 102 valence electrons. The molecule has 3 heteroatoms. The second-order valence-electron chi connectivity index (χ2n) is 6.54. The maximum absolute atomic E-state index is 5.83. The highest BCUT2D eigenvalue weighted by Crippen LogP contribution is 2.38. The fourth-order valence-corrected chi connectivity index (χ4v) is 3.43. The minimum absolute atomic E-state index is 0.178. The Labute approximate surface area is 111 Å². The van der Waals surface area contributed by atoms with Crippen molar-refractivity contribution < 1.29 is 0 Å². The first-order valence-electron chi connectivity index (χ1n) is 7.06. The van der Waals surface area contributed by atoms with Gasteiger partial charge in [-0.15, -0.1) is 0 Å². The molecule has 0 amide bonds. The highest BCUT2D eigenvalue weighted by molar-refractivity contribution is 5.41. The van der Waals surface area contributed by atoms with Crippen molar-refractivity contribution in [2.75, 3.05) is 19.6 Å². The van der Waals surface area contributed by atoms with Crippen molar-refractivity contribution in [3.05, 3.63) is 22.9 Å². The summed E-state index contributed by atoms with van der Waals surface area (Å²) in [6.07, 6.45) is 4.74. The first-order chi connectivity index (χ1) is 8.47. The Morgan fingerprint density at radius 3 is 2.39 bits per heavy atom. The van der Waals surface area contributed by atoms with Gasteiger partial charge in [-0.05, 0) is 49.4 Å². The summed E-state index contributed by atoms with van der Waals surface area (Å²) in [7, 11) is 0. The fraction of sp³-hybridized carbons (Fsp3) is 0.733. The van der Waals surface area contributed by atoms with Crippen LogP contribution in [0.2, 0.25) is 0 Å². The Hall–Kier alpha value is -0.800. The van der Waals surface area contributed by atoms with E-state index >= 15 is 0 Å². The molecular weight excluding hydrogens is 222 g/mol. The minimum Gasteiger partial charge on any atom is -0.328 e. The van der Waals surface area contributed by atoms with E-state index in [1.54, 1.807) is 0 Å². The molecule has 3 nitrogen and oxygen atoms in total. The zero-order valence-electron chi connectivity index (χ0n) is 12.2. The summed E-state index contributed by atoms with van der Waals surface area (Å²) in [6.45, 7) is 12.5. The highest BCUT2D eigenvalue weighted by atomic mass is 15.2. The van der Waals surface area contributed by atoms with Crippen molar-refractivity contribution in [2.24, 2.45) is 17.2 Å². The Morgan fingerprint density at radius 2 is 1.94 bits per heavy atom. The van der Waals surface area contributed by atoms with Gasteiger partial charge in [-0.2, -0.15) is 0 Å². The van der Waals surface area contributed by atoms with E-state index in [9.17, 15) is 0 Å². The number of piperidine rings is 1. The smallest absolute Gasteiger partial charge is 0.0339 e. The molecule has 18 heavy (non-hydrogen) atoms. The van der Waals surface area contributed by atoms with Gasteiger partial charge in [0, 0.05) is 18.2 Å². The number of nitrogens with one attached hydrogen (secondary N) is 1. The normalized spacial score (nSPS) is 29.5. The Bertz CT molecular complexity index is 366. The zero-order chi connectivity index (χ0) is 13.3. The highest BCUT2D eigenvalue weighted by Gasteiger charge is 2.33. The van der Waals surface area contributed by atoms with Gasteiger partial charge in [0.15, 0.2) is 0 Å². The third kappa shape index (κ3) is 2.47. The molecule has 0 aromatic rings. The Balaban J connectivity index is 2.44. The summed E-state index contributed by atoms with van der Waals surface area (Å²) in [5.41, 5.74) is 7.36. The number of hydrazine groups is 1. The van der Waals surface area contributed by atoms with Gasteiger partial charge >= 0.3 is 0 Å². The van der Waals surface area contributed by atoms with Gasteiger partial charge in [-0.25, -0.2) is 0 Å². The summed E-state index contributed by atoms with van der Waals surface area (Å²) in [6, 6.07) is 0. The van der Waals surface area contributed by atoms with E-state index in [1.165, 1.54) is 42.8 Å². The predicted octanol–water partition coefficient (Wildman–Crippen LogP) is 2.42. The second kappa shape index (κ2) is 5.06. The zero-order valence-corrected chi connectivity index (χ0v) is 12.2. The van der Waals surface area contributed by atoms with E-state index in [4.69, 9.17) is 5.84 Å². The average Bonchev–Trinajstić information content (AvgIpc) is 2.56. The number of rotatable bonds is 2. The molecule has 0 spiro atoms. The van der Waals surface area contributed by atoms with Gasteiger partial charge in [0.05, 0.1) is 0 Å². The molecule has 3 aliphatic heterocycles. The molecule has 0 aromatic carbocycles. The van der Waals surface area contributed by atoms with Gasteiger partial charge in [0.1, 0.15) is 0 Å². The molecule has 0 saturated carbocycles. The molecule has 0 radical (unpaired) electrons. The molecular formula is C15H27N3. The third-order valence-electron chi connectivity index (χ3n) is 4.28. The Kier molecular flexibility index (Phi) is 3.83. The molecule has 0 aromatic heterocycles. The third-order valence-corrected chi connectivity index (χ3v) is 4.28. The molecule has 0 aliphatic carbocycles. The molecule has 1 saturated heterocycles. The maximum Gasteiger partial charge on any atom is 0.0339 e. The van der Waals surface area contributed by atoms with Crippen molar-refractivity contribution in [3.63, 3.8) is 0 Å². The number of hydrogen-bond donors (Lipinski definition) is 2. The first-order valence-corrected chi connectivity index (χ1v) is 7.06. The summed E-state index contributed by atoms with van der Waals surface area (Å²) >= 11 is 0. The molecule has 3 heterocycles. The monoisotopic (exact) mass is 249 g/mol. The van der Waals surface area contributed by atoms with Crippen LogP contribution in [-0.2, 0) is 0 Å². The van der Waals surface area contributed by atoms with Crippen LogP contribution >= 0.6 is 0 Å². The molecule has 3 rings (SSSR count). The molecule has 3 aliphatic rings. The van der Waals surface area contributed by atoms with Crippen LogP contribution in [0.15, 0.2) is 22.9 Å². The predicted molar refractivity (Wildman–Crippen MR) is 76.7 cm³/mol. The van der Waals surface area contributed by atoms with E-state index < -0.39 is 0 Å². The van der Waals surface area contributed by atoms with Crippen LogP contribution in [0.5, 0.6) is 0 Å². The van der Waals surface area contributed by atoms with Gasteiger partial charge in [-0.1, -0.05) is 26.8 Å². The summed E-state index contributed by atoms with van der Waals surface area (Å²) < 4.78 is 0. The van der Waals surface area contributed by atoms with Gasteiger partial charge < -0.3 is 5.43 Å². The lowest BCUT2D eigenvalue weighted by Crippen LogP contribution is -2.33. The quantitative estimate of drug-likeness (QED) is 0.583. The summed E-state index contributed by atoms with van der Waals surface area (Å²) in [4.78, 5) is 2.56. The van der Waals surface area contributed by atoms with Crippen molar-refractivity contribution in [3.8, 4) is 0 Å². The van der Waals surface area contributed by atoms with E-state index in [1.807, 2.05) is 0 Å². The SMILES string of the molecule is C/C=C(\C1=C(NN)C2CCN(CC2)C1)C(C)(C)C. The number of allylic oxidation sites excluding steroid dienone is 2. The lowest BCUT2D eigenvalue weighted by molar-refractivity contribution is 0.226. The second-order valence-corrected chi connectivity index (χ2v) is 6.54. The lowest BCUT2D eigenvalue weighted by atomic mass is 9.79.